The SMILES string of the molecule is CC1(F)CCS(=O)(=O)C1F. The third-order valence-electron chi connectivity index (χ3n) is 1.66. The van der Waals surface area contributed by atoms with E-state index in [-0.39, 0.29) is 12.2 Å². The van der Waals surface area contributed by atoms with Crippen molar-refractivity contribution in [2.75, 3.05) is 5.75 Å². The van der Waals surface area contributed by atoms with Crippen LogP contribution in [0.15, 0.2) is 0 Å². The van der Waals surface area contributed by atoms with E-state index in [2.05, 4.69) is 0 Å². The summed E-state index contributed by atoms with van der Waals surface area (Å²) in [5.74, 6) is -0.374. The Morgan fingerprint density at radius 1 is 1.60 bits per heavy atom. The van der Waals surface area contributed by atoms with Crippen molar-refractivity contribution in [3.05, 3.63) is 0 Å². The highest BCUT2D eigenvalue weighted by molar-refractivity contribution is 7.92. The molecule has 0 spiro atoms. The Kier molecular flexibility index (Phi) is 1.50. The van der Waals surface area contributed by atoms with Crippen LogP contribution in [0.1, 0.15) is 13.3 Å². The van der Waals surface area contributed by atoms with Crippen molar-refractivity contribution in [2.24, 2.45) is 0 Å². The normalized spacial score (nSPS) is 45.7. The van der Waals surface area contributed by atoms with Gasteiger partial charge in [0.25, 0.3) is 0 Å². The van der Waals surface area contributed by atoms with Gasteiger partial charge in [-0.15, -0.1) is 0 Å². The smallest absolute Gasteiger partial charge is 0.234 e. The summed E-state index contributed by atoms with van der Waals surface area (Å²) < 4.78 is 46.4. The third kappa shape index (κ3) is 1.02. The minimum Gasteiger partial charge on any atom is -0.240 e. The van der Waals surface area contributed by atoms with Crippen LogP contribution in [-0.2, 0) is 9.84 Å². The zero-order valence-electron chi connectivity index (χ0n) is 5.47. The van der Waals surface area contributed by atoms with E-state index in [1.54, 1.807) is 0 Å². The van der Waals surface area contributed by atoms with Crippen LogP contribution >= 0.6 is 0 Å². The van der Waals surface area contributed by atoms with Crippen molar-refractivity contribution in [3.8, 4) is 0 Å². The summed E-state index contributed by atoms with van der Waals surface area (Å²) in [4.78, 5) is 0. The van der Waals surface area contributed by atoms with E-state index in [4.69, 9.17) is 0 Å². The maximum atomic E-state index is 12.7. The Labute approximate surface area is 58.1 Å². The molecule has 1 aliphatic rings. The predicted molar refractivity (Wildman–Crippen MR) is 32.8 cm³/mol. The van der Waals surface area contributed by atoms with Gasteiger partial charge < -0.3 is 0 Å². The zero-order valence-corrected chi connectivity index (χ0v) is 6.29. The molecule has 10 heavy (non-hydrogen) atoms. The first kappa shape index (κ1) is 7.91. The van der Waals surface area contributed by atoms with Crippen molar-refractivity contribution >= 4 is 9.84 Å². The lowest BCUT2D eigenvalue weighted by molar-refractivity contribution is 0.125. The van der Waals surface area contributed by atoms with Gasteiger partial charge in [-0.3, -0.25) is 0 Å². The highest BCUT2D eigenvalue weighted by Gasteiger charge is 2.50. The molecule has 0 radical (unpaired) electrons. The second-order valence-corrected chi connectivity index (χ2v) is 4.86. The molecule has 0 aliphatic carbocycles. The number of sulfone groups is 1. The van der Waals surface area contributed by atoms with Gasteiger partial charge in [0.15, 0.2) is 15.5 Å². The summed E-state index contributed by atoms with van der Waals surface area (Å²) in [5.41, 5.74) is -4.49. The first-order valence-corrected chi connectivity index (χ1v) is 4.62. The molecule has 2 unspecified atom stereocenters. The molecular formula is C5H8F2O2S. The summed E-state index contributed by atoms with van der Waals surface area (Å²) in [7, 11) is -3.77. The van der Waals surface area contributed by atoms with Gasteiger partial charge in [0.1, 0.15) is 0 Å². The predicted octanol–water partition coefficient (Wildman–Crippen LogP) is 0.829. The molecule has 0 aromatic carbocycles. The van der Waals surface area contributed by atoms with Crippen molar-refractivity contribution < 1.29 is 17.2 Å². The highest BCUT2D eigenvalue weighted by atomic mass is 32.2. The van der Waals surface area contributed by atoms with Gasteiger partial charge in [-0.2, -0.15) is 0 Å². The number of halogens is 2. The molecule has 1 rings (SSSR count). The van der Waals surface area contributed by atoms with E-state index >= 15 is 0 Å². The minimum atomic E-state index is -3.77. The molecule has 60 valence electrons. The van der Waals surface area contributed by atoms with Crippen LogP contribution < -0.4 is 0 Å². The number of hydrogen-bond donors (Lipinski definition) is 0. The van der Waals surface area contributed by atoms with Crippen LogP contribution in [0.25, 0.3) is 0 Å². The van der Waals surface area contributed by atoms with E-state index in [9.17, 15) is 17.2 Å². The van der Waals surface area contributed by atoms with Gasteiger partial charge in [-0.05, 0) is 13.3 Å². The molecule has 0 N–H and O–H groups in total. The molecule has 1 fully saturated rings. The van der Waals surface area contributed by atoms with Crippen LogP contribution in [0.5, 0.6) is 0 Å². The van der Waals surface area contributed by atoms with E-state index < -0.39 is 21.0 Å². The molecule has 2 nitrogen and oxygen atoms in total. The summed E-state index contributed by atoms with van der Waals surface area (Å²) >= 11 is 0. The van der Waals surface area contributed by atoms with Gasteiger partial charge >= 0.3 is 0 Å². The molecule has 2 atom stereocenters. The summed E-state index contributed by atoms with van der Waals surface area (Å²) in [6.07, 6.45) is -0.226. The van der Waals surface area contributed by atoms with Gasteiger partial charge in [-0.25, -0.2) is 17.2 Å². The zero-order chi connectivity index (χ0) is 7.99. The lowest BCUT2D eigenvalue weighted by Gasteiger charge is -2.12. The van der Waals surface area contributed by atoms with E-state index in [0.29, 0.717) is 0 Å². The number of alkyl halides is 2. The first-order valence-electron chi connectivity index (χ1n) is 2.91. The Bertz CT molecular complexity index is 232. The van der Waals surface area contributed by atoms with Crippen LogP contribution in [0.4, 0.5) is 8.78 Å². The van der Waals surface area contributed by atoms with Crippen molar-refractivity contribution in [2.45, 2.75) is 24.5 Å². The Balaban J connectivity index is 2.99. The molecule has 0 aromatic heterocycles. The lowest BCUT2D eigenvalue weighted by atomic mass is 10.1. The Hall–Kier alpha value is -0.190. The Morgan fingerprint density at radius 2 is 2.10 bits per heavy atom. The van der Waals surface area contributed by atoms with Gasteiger partial charge in [0.05, 0.1) is 5.75 Å². The monoisotopic (exact) mass is 170 g/mol. The molecule has 0 amide bonds. The second kappa shape index (κ2) is 1.90. The fourth-order valence-electron chi connectivity index (χ4n) is 0.933. The summed E-state index contributed by atoms with van der Waals surface area (Å²) in [6.45, 7) is 0.974. The third-order valence-corrected chi connectivity index (χ3v) is 3.56. The molecule has 1 aliphatic heterocycles. The molecule has 5 heteroatoms. The average molecular weight is 170 g/mol. The van der Waals surface area contributed by atoms with E-state index in [1.165, 1.54) is 0 Å². The lowest BCUT2D eigenvalue weighted by Crippen LogP contribution is -2.28. The van der Waals surface area contributed by atoms with Gasteiger partial charge in [0, 0.05) is 0 Å². The average Bonchev–Trinajstić information content (AvgIpc) is 1.95. The first-order chi connectivity index (χ1) is 4.36. The van der Waals surface area contributed by atoms with Gasteiger partial charge in [-0.1, -0.05) is 0 Å². The molecule has 0 bridgehead atoms. The fraction of sp³-hybridized carbons (Fsp3) is 1.00. The number of hydrogen-bond acceptors (Lipinski definition) is 2. The highest BCUT2D eigenvalue weighted by Crippen LogP contribution is 2.34. The van der Waals surface area contributed by atoms with Crippen molar-refractivity contribution in [1.29, 1.82) is 0 Å². The maximum absolute atomic E-state index is 12.7. The standard InChI is InChI=1S/C5H8F2O2S/c1-5(7)2-3-10(8,9)4(5)6/h4H,2-3H2,1H3. The summed E-state index contributed by atoms with van der Waals surface area (Å²) in [5, 5.41) is 0. The summed E-state index contributed by atoms with van der Waals surface area (Å²) in [6, 6.07) is 0. The quantitative estimate of drug-likeness (QED) is 0.539. The topological polar surface area (TPSA) is 34.1 Å². The van der Waals surface area contributed by atoms with Gasteiger partial charge in [0.2, 0.25) is 5.50 Å². The fourth-order valence-corrected chi connectivity index (χ4v) is 2.69. The minimum absolute atomic E-state index is 0.226. The van der Waals surface area contributed by atoms with Crippen molar-refractivity contribution in [1.82, 2.24) is 0 Å². The van der Waals surface area contributed by atoms with E-state index in [0.717, 1.165) is 6.92 Å². The molecule has 0 aromatic rings. The van der Waals surface area contributed by atoms with Crippen LogP contribution in [-0.4, -0.2) is 25.3 Å². The molecule has 1 heterocycles. The van der Waals surface area contributed by atoms with Crippen LogP contribution in [0, 0.1) is 0 Å². The maximum Gasteiger partial charge on any atom is 0.234 e. The molecule has 1 saturated heterocycles. The second-order valence-electron chi connectivity index (χ2n) is 2.71. The van der Waals surface area contributed by atoms with E-state index in [1.807, 2.05) is 0 Å². The van der Waals surface area contributed by atoms with Crippen molar-refractivity contribution in [3.63, 3.8) is 0 Å². The Morgan fingerprint density at radius 3 is 2.20 bits per heavy atom. The molecule has 0 saturated carbocycles. The number of rotatable bonds is 0. The van der Waals surface area contributed by atoms with Crippen LogP contribution in [0.3, 0.4) is 0 Å². The van der Waals surface area contributed by atoms with Crippen LogP contribution in [0.2, 0.25) is 0 Å². The molecular weight excluding hydrogens is 162 g/mol. The largest absolute Gasteiger partial charge is 0.240 e.